The average molecular weight is 754 g/mol. The summed E-state index contributed by atoms with van der Waals surface area (Å²) in [4.78, 5) is 24.6. The molecule has 0 aliphatic carbocycles. The number of carbonyl (C=O) groups excluding carboxylic acids is 1. The summed E-state index contributed by atoms with van der Waals surface area (Å²) in [6.45, 7) is 5.16. The van der Waals surface area contributed by atoms with Crippen LogP contribution in [0.3, 0.4) is 0 Å². The fourth-order valence-corrected chi connectivity index (χ4v) is 6.15. The number of phosphoric acid groups is 1. The molecule has 0 radical (unpaired) electrons. The molecule has 0 aliphatic heterocycles. The molecule has 0 aliphatic rings. The molecule has 0 saturated carbocycles. The maximum Gasteiger partial charge on any atom is 0.306 e. The number of nitrogens with zero attached hydrogens (tertiary/aromatic N) is 1. The summed E-state index contributed by atoms with van der Waals surface area (Å²) in [7, 11) is 1.35. The number of esters is 1. The van der Waals surface area contributed by atoms with Gasteiger partial charge in [0.2, 0.25) is 0 Å². The van der Waals surface area contributed by atoms with Crippen molar-refractivity contribution in [3.8, 4) is 0 Å². The van der Waals surface area contributed by atoms with Crippen molar-refractivity contribution >= 4 is 13.8 Å². The van der Waals surface area contributed by atoms with Crippen molar-refractivity contribution in [3.05, 3.63) is 48.6 Å². The van der Waals surface area contributed by atoms with Gasteiger partial charge in [0.1, 0.15) is 19.3 Å². The number of phosphoric ester groups is 1. The lowest BCUT2D eigenvalue weighted by Crippen LogP contribution is -2.37. The Bertz CT molecular complexity index is 973. The van der Waals surface area contributed by atoms with Crippen molar-refractivity contribution in [2.24, 2.45) is 0 Å². The normalized spacial score (nSPS) is 14.3. The minimum atomic E-state index is -4.50. The van der Waals surface area contributed by atoms with Crippen LogP contribution < -0.4 is 4.89 Å². The molecular weight excluding hydrogens is 673 g/mol. The standard InChI is InChI=1S/C43H80NO7P/c1-6-8-10-12-13-14-15-16-17-18-19-20-21-22-23-24-25-26-27-28-29-30-31-32-33-35-38-48-40-42(51-43(45)36-34-11-9-7-2)41-50-52(46,47)49-39-37-44(3,4)5/h8,10,13-14,16-17,19-20,42H,6-7,9,11-12,15,18,21-41H2,1-5H3/b10-8-,14-13-,17-16-,20-19-. The van der Waals surface area contributed by atoms with E-state index in [0.29, 0.717) is 24.1 Å². The number of ether oxygens (including phenoxy) is 2. The van der Waals surface area contributed by atoms with Crippen molar-refractivity contribution in [3.63, 3.8) is 0 Å². The first kappa shape index (κ1) is 50.5. The molecule has 2 unspecified atom stereocenters. The van der Waals surface area contributed by atoms with Crippen LogP contribution in [0, 0.1) is 0 Å². The molecule has 0 aromatic carbocycles. The fourth-order valence-electron chi connectivity index (χ4n) is 5.42. The molecule has 0 heterocycles. The second-order valence-corrected chi connectivity index (χ2v) is 16.4. The summed E-state index contributed by atoms with van der Waals surface area (Å²) in [6.07, 6.45) is 43.3. The fraction of sp³-hybridized carbons (Fsp3) is 0.791. The van der Waals surface area contributed by atoms with Gasteiger partial charge in [-0.1, -0.05) is 152 Å². The maximum atomic E-state index is 12.4. The molecule has 0 fully saturated rings. The molecule has 0 amide bonds. The Morgan fingerprint density at radius 2 is 1.12 bits per heavy atom. The van der Waals surface area contributed by atoms with E-state index in [1.165, 1.54) is 77.0 Å². The summed E-state index contributed by atoms with van der Waals surface area (Å²) in [5.74, 6) is -0.353. The van der Waals surface area contributed by atoms with E-state index in [0.717, 1.165) is 64.2 Å². The van der Waals surface area contributed by atoms with Gasteiger partial charge in [0.05, 0.1) is 34.4 Å². The lowest BCUT2D eigenvalue weighted by Gasteiger charge is -2.28. The number of hydrogen-bond acceptors (Lipinski definition) is 7. The largest absolute Gasteiger partial charge is 0.756 e. The monoisotopic (exact) mass is 754 g/mol. The molecule has 2 atom stereocenters. The second-order valence-electron chi connectivity index (χ2n) is 15.0. The molecule has 8 nitrogen and oxygen atoms in total. The van der Waals surface area contributed by atoms with E-state index >= 15 is 0 Å². The maximum absolute atomic E-state index is 12.4. The van der Waals surface area contributed by atoms with Gasteiger partial charge in [0.25, 0.3) is 7.82 Å². The predicted octanol–water partition coefficient (Wildman–Crippen LogP) is 11.4. The van der Waals surface area contributed by atoms with Crippen LogP contribution in [-0.2, 0) is 27.9 Å². The highest BCUT2D eigenvalue weighted by Crippen LogP contribution is 2.38. The zero-order chi connectivity index (χ0) is 38.4. The number of allylic oxidation sites excluding steroid dienone is 8. The highest BCUT2D eigenvalue weighted by Gasteiger charge is 2.20. The van der Waals surface area contributed by atoms with Gasteiger partial charge in [-0.25, -0.2) is 0 Å². The van der Waals surface area contributed by atoms with E-state index < -0.39 is 13.9 Å². The van der Waals surface area contributed by atoms with Crippen LogP contribution in [-0.4, -0.2) is 70.7 Å². The van der Waals surface area contributed by atoms with E-state index in [1.54, 1.807) is 0 Å². The highest BCUT2D eigenvalue weighted by atomic mass is 31.2. The third-order valence-corrected chi connectivity index (χ3v) is 9.61. The van der Waals surface area contributed by atoms with Crippen LogP contribution in [0.1, 0.15) is 162 Å². The van der Waals surface area contributed by atoms with Gasteiger partial charge in [-0.3, -0.25) is 9.36 Å². The topological polar surface area (TPSA) is 94.1 Å². The molecule has 0 aromatic rings. The Hall–Kier alpha value is -1.54. The molecular formula is C43H80NO7P. The molecule has 304 valence electrons. The quantitative estimate of drug-likeness (QED) is 0.0204. The van der Waals surface area contributed by atoms with Crippen LogP contribution >= 0.6 is 7.82 Å². The first-order chi connectivity index (χ1) is 25.1. The Balaban J connectivity index is 3.87. The smallest absolute Gasteiger partial charge is 0.306 e. The molecule has 0 rings (SSSR count). The zero-order valence-electron chi connectivity index (χ0n) is 34.2. The first-order valence-corrected chi connectivity index (χ1v) is 22.3. The molecule has 0 saturated heterocycles. The van der Waals surface area contributed by atoms with Crippen molar-refractivity contribution in [1.82, 2.24) is 0 Å². The minimum absolute atomic E-state index is 0.0251. The molecule has 0 bridgehead atoms. The summed E-state index contributed by atoms with van der Waals surface area (Å²) < 4.78 is 34.2. The van der Waals surface area contributed by atoms with E-state index in [1.807, 2.05) is 21.1 Å². The van der Waals surface area contributed by atoms with Gasteiger partial charge in [-0.05, 0) is 51.4 Å². The van der Waals surface area contributed by atoms with Crippen molar-refractivity contribution < 1.29 is 37.3 Å². The van der Waals surface area contributed by atoms with Crippen molar-refractivity contribution in [1.29, 1.82) is 0 Å². The van der Waals surface area contributed by atoms with Gasteiger partial charge in [-0.15, -0.1) is 0 Å². The average Bonchev–Trinajstić information content (AvgIpc) is 3.09. The molecule has 0 N–H and O–H groups in total. The summed E-state index contributed by atoms with van der Waals surface area (Å²) >= 11 is 0. The summed E-state index contributed by atoms with van der Waals surface area (Å²) in [5, 5.41) is 0. The lowest BCUT2D eigenvalue weighted by atomic mass is 10.0. The third-order valence-electron chi connectivity index (χ3n) is 8.64. The van der Waals surface area contributed by atoms with Gasteiger partial charge < -0.3 is 27.9 Å². The Morgan fingerprint density at radius 1 is 0.615 bits per heavy atom. The number of quaternary nitrogens is 1. The predicted molar refractivity (Wildman–Crippen MR) is 217 cm³/mol. The molecule has 0 aromatic heterocycles. The number of hydrogen-bond donors (Lipinski definition) is 0. The SMILES string of the molecule is CC/C=C\C/C=C\C/C=C\C/C=C\CCCCCCCCCCCCCCCOCC(COP(=O)([O-])OCC[N+](C)(C)C)OC(=O)CCCCCC. The summed E-state index contributed by atoms with van der Waals surface area (Å²) in [6, 6.07) is 0. The van der Waals surface area contributed by atoms with Gasteiger partial charge in [-0.2, -0.15) is 0 Å². The Kier molecular flexibility index (Phi) is 35.4. The number of likely N-dealkylation sites (N-methyl/N-ethyl adjacent to an activating group) is 1. The Morgan fingerprint density at radius 3 is 1.65 bits per heavy atom. The number of carbonyl (C=O) groups is 1. The zero-order valence-corrected chi connectivity index (χ0v) is 35.1. The lowest BCUT2D eigenvalue weighted by molar-refractivity contribution is -0.870. The van der Waals surface area contributed by atoms with E-state index in [2.05, 4.69) is 62.5 Å². The van der Waals surface area contributed by atoms with Crippen molar-refractivity contribution in [2.75, 3.05) is 54.1 Å². The molecule has 52 heavy (non-hydrogen) atoms. The number of unbranched alkanes of at least 4 members (excludes halogenated alkanes) is 16. The first-order valence-electron chi connectivity index (χ1n) is 20.9. The van der Waals surface area contributed by atoms with Crippen LogP contribution in [0.5, 0.6) is 0 Å². The second kappa shape index (κ2) is 36.4. The van der Waals surface area contributed by atoms with Crippen LogP contribution in [0.15, 0.2) is 48.6 Å². The van der Waals surface area contributed by atoms with Crippen LogP contribution in [0.4, 0.5) is 0 Å². The summed E-state index contributed by atoms with van der Waals surface area (Å²) in [5.41, 5.74) is 0. The molecule has 9 heteroatoms. The van der Waals surface area contributed by atoms with Crippen LogP contribution in [0.25, 0.3) is 0 Å². The Labute approximate surface area is 320 Å². The van der Waals surface area contributed by atoms with Gasteiger partial charge in [0.15, 0.2) is 0 Å². The van der Waals surface area contributed by atoms with Crippen molar-refractivity contribution in [2.45, 2.75) is 168 Å². The van der Waals surface area contributed by atoms with E-state index in [9.17, 15) is 14.3 Å². The van der Waals surface area contributed by atoms with E-state index in [4.69, 9.17) is 18.5 Å². The third kappa shape index (κ3) is 39.7. The number of rotatable bonds is 38. The highest BCUT2D eigenvalue weighted by molar-refractivity contribution is 7.45. The van der Waals surface area contributed by atoms with E-state index in [-0.39, 0.29) is 25.8 Å². The van der Waals surface area contributed by atoms with Gasteiger partial charge in [0, 0.05) is 13.0 Å². The van der Waals surface area contributed by atoms with Crippen LogP contribution in [0.2, 0.25) is 0 Å². The van der Waals surface area contributed by atoms with Gasteiger partial charge >= 0.3 is 5.97 Å². The molecule has 0 spiro atoms. The minimum Gasteiger partial charge on any atom is -0.756 e.